The van der Waals surface area contributed by atoms with Gasteiger partial charge in [0.15, 0.2) is 0 Å². The molecule has 0 atom stereocenters. The predicted molar refractivity (Wildman–Crippen MR) is 380 cm³/mol. The standard InChI is InChI=1S/C28H58.C27H56.C26H54/c1-3-5-7-9-11-13-15-17-19-21-23-25-27-28-26-24-22-20-18-16-14-12-10-8-6-4-2;1-3-5-7-9-11-13-15-17-19-21-23-25-27-26-24-22-20-18-16-14-12-10-8-6-4-2;1-3-5-7-9-11-13-15-17-19-21-23-25-26-24-22-20-18-16-14-12-10-8-6-4-2/h3-28H2,1-2H3;3-27H2,1-2H3;3-26H2,1-2H3. The van der Waals surface area contributed by atoms with Crippen LogP contribution in [0.15, 0.2) is 0 Å². The van der Waals surface area contributed by atoms with Gasteiger partial charge in [0.2, 0.25) is 0 Å². The van der Waals surface area contributed by atoms with Gasteiger partial charge in [-0.3, -0.25) is 0 Å². The molecular formula is C81H168. The van der Waals surface area contributed by atoms with Crippen LogP contribution in [-0.2, 0) is 0 Å². The zero-order valence-corrected chi connectivity index (χ0v) is 59.0. The fourth-order valence-electron chi connectivity index (χ4n) is 12.6. The van der Waals surface area contributed by atoms with Crippen LogP contribution in [0.3, 0.4) is 0 Å². The molecule has 0 saturated heterocycles. The summed E-state index contributed by atoms with van der Waals surface area (Å²) in [4.78, 5) is 0. The topological polar surface area (TPSA) is 0 Å². The molecule has 0 aromatic rings. The molecule has 492 valence electrons. The highest BCUT2D eigenvalue weighted by atomic mass is 14.1. The average molecular weight is 1140 g/mol. The molecule has 0 N–H and O–H groups in total. The second-order valence-electron chi connectivity index (χ2n) is 27.4. The molecule has 0 heteroatoms. The summed E-state index contributed by atoms with van der Waals surface area (Å²) < 4.78 is 0. The molecule has 81 heavy (non-hydrogen) atoms. The largest absolute Gasteiger partial charge is 0.0654 e. The van der Waals surface area contributed by atoms with Gasteiger partial charge < -0.3 is 0 Å². The maximum atomic E-state index is 2.30. The molecule has 0 aromatic carbocycles. The second kappa shape index (κ2) is 88.8. The Hall–Kier alpha value is 0. The van der Waals surface area contributed by atoms with E-state index in [1.165, 1.54) is 482 Å². The van der Waals surface area contributed by atoms with E-state index in [4.69, 9.17) is 0 Å². The molecule has 0 unspecified atom stereocenters. The third kappa shape index (κ3) is 93.9. The highest BCUT2D eigenvalue weighted by molar-refractivity contribution is 4.56. The lowest BCUT2D eigenvalue weighted by atomic mass is 10.0. The van der Waals surface area contributed by atoms with Crippen LogP contribution in [0.4, 0.5) is 0 Å². The van der Waals surface area contributed by atoms with Crippen LogP contribution >= 0.6 is 0 Å². The Morgan fingerprint density at radius 2 is 0.0988 bits per heavy atom. The predicted octanol–water partition coefficient (Wildman–Crippen LogP) is 32.3. The molecule has 0 aliphatic carbocycles. The summed E-state index contributed by atoms with van der Waals surface area (Å²) in [5.74, 6) is 0. The summed E-state index contributed by atoms with van der Waals surface area (Å²) in [5, 5.41) is 0. The minimum absolute atomic E-state index is 1.37. The van der Waals surface area contributed by atoms with Crippen LogP contribution in [0, 0.1) is 0 Å². The third-order valence-corrected chi connectivity index (χ3v) is 18.6. The number of hydrogen-bond donors (Lipinski definition) is 0. The van der Waals surface area contributed by atoms with E-state index >= 15 is 0 Å². The van der Waals surface area contributed by atoms with E-state index in [9.17, 15) is 0 Å². The molecule has 0 amide bonds. The van der Waals surface area contributed by atoms with Crippen molar-refractivity contribution in [3.05, 3.63) is 0 Å². The quantitative estimate of drug-likeness (QED) is 0.0533. The second-order valence-corrected chi connectivity index (χ2v) is 27.4. The molecule has 0 nitrogen and oxygen atoms in total. The number of rotatable bonds is 72. The molecule has 0 fully saturated rings. The summed E-state index contributed by atoms with van der Waals surface area (Å²) in [6.45, 7) is 13.8. The summed E-state index contributed by atoms with van der Waals surface area (Å²) >= 11 is 0. The van der Waals surface area contributed by atoms with E-state index in [0.717, 1.165) is 0 Å². The van der Waals surface area contributed by atoms with Gasteiger partial charge in [0.25, 0.3) is 0 Å². The van der Waals surface area contributed by atoms with E-state index < -0.39 is 0 Å². The number of hydrogen-bond acceptors (Lipinski definition) is 0. The van der Waals surface area contributed by atoms with Gasteiger partial charge in [-0.15, -0.1) is 0 Å². The highest BCUT2D eigenvalue weighted by Gasteiger charge is 2.00. The van der Waals surface area contributed by atoms with Crippen LogP contribution in [-0.4, -0.2) is 0 Å². The first-order valence-electron chi connectivity index (χ1n) is 40.2. The van der Waals surface area contributed by atoms with Crippen molar-refractivity contribution in [2.45, 2.75) is 523 Å². The Bertz CT molecular complexity index is 860. The molecule has 0 aromatic heterocycles. The van der Waals surface area contributed by atoms with E-state index in [-0.39, 0.29) is 0 Å². The Morgan fingerprint density at radius 1 is 0.0617 bits per heavy atom. The summed E-state index contributed by atoms with van der Waals surface area (Å²) in [7, 11) is 0. The smallest absolute Gasteiger partial charge is 0.0533 e. The van der Waals surface area contributed by atoms with E-state index in [2.05, 4.69) is 41.5 Å². The Labute approximate surface area is 520 Å². The summed E-state index contributed by atoms with van der Waals surface area (Å²) in [6.07, 6.45) is 111. The highest BCUT2D eigenvalue weighted by Crippen LogP contribution is 2.20. The fourth-order valence-corrected chi connectivity index (χ4v) is 12.6. The Balaban J connectivity index is -0.00000113. The average Bonchev–Trinajstić information content (AvgIpc) is 3.48. The lowest BCUT2D eigenvalue weighted by Crippen LogP contribution is -1.84. The SMILES string of the molecule is CCCCCCCCCCCCCCCCCCCCCCCCCC.CCCCCCCCCCCCCCCCCCCCCCCCCCC.CCCCCCCCCCCCCCCCCCCCCCCCCCCC. The van der Waals surface area contributed by atoms with Crippen molar-refractivity contribution in [3.8, 4) is 0 Å². The van der Waals surface area contributed by atoms with Gasteiger partial charge in [0, 0.05) is 0 Å². The maximum Gasteiger partial charge on any atom is -0.0533 e. The number of unbranched alkanes of at least 4 members (excludes halogenated alkanes) is 72. The van der Waals surface area contributed by atoms with Crippen LogP contribution < -0.4 is 0 Å². The van der Waals surface area contributed by atoms with E-state index in [1.54, 1.807) is 0 Å². The van der Waals surface area contributed by atoms with Gasteiger partial charge in [-0.25, -0.2) is 0 Å². The molecule has 0 saturated carbocycles. The van der Waals surface area contributed by atoms with Gasteiger partial charge in [-0.2, -0.15) is 0 Å². The lowest BCUT2D eigenvalue weighted by Gasteiger charge is -2.04. The Kier molecular flexibility index (Phi) is 93.4. The molecule has 0 rings (SSSR count). The molecule has 0 bridgehead atoms. The molecule has 0 heterocycles. The molecule has 0 aliphatic heterocycles. The van der Waals surface area contributed by atoms with Gasteiger partial charge in [-0.05, 0) is 0 Å². The van der Waals surface area contributed by atoms with Crippen molar-refractivity contribution in [2.75, 3.05) is 0 Å². The fraction of sp³-hybridized carbons (Fsp3) is 1.00. The minimum atomic E-state index is 1.37. The van der Waals surface area contributed by atoms with Gasteiger partial charge in [0.05, 0.1) is 0 Å². The van der Waals surface area contributed by atoms with Gasteiger partial charge >= 0.3 is 0 Å². The lowest BCUT2D eigenvalue weighted by molar-refractivity contribution is 0.516. The third-order valence-electron chi connectivity index (χ3n) is 18.6. The van der Waals surface area contributed by atoms with Crippen LogP contribution in [0.5, 0.6) is 0 Å². The maximum absolute atomic E-state index is 2.30. The van der Waals surface area contributed by atoms with Gasteiger partial charge in [-0.1, -0.05) is 523 Å². The Morgan fingerprint density at radius 3 is 0.136 bits per heavy atom. The molecule has 0 spiro atoms. The van der Waals surface area contributed by atoms with Crippen LogP contribution in [0.2, 0.25) is 0 Å². The van der Waals surface area contributed by atoms with Crippen molar-refractivity contribution < 1.29 is 0 Å². The van der Waals surface area contributed by atoms with Crippen LogP contribution in [0.1, 0.15) is 523 Å². The zero-order valence-electron chi connectivity index (χ0n) is 59.0. The van der Waals surface area contributed by atoms with Crippen molar-refractivity contribution in [3.63, 3.8) is 0 Å². The van der Waals surface area contributed by atoms with Gasteiger partial charge in [0.1, 0.15) is 0 Å². The van der Waals surface area contributed by atoms with Crippen molar-refractivity contribution >= 4 is 0 Å². The monoisotopic (exact) mass is 1140 g/mol. The first-order chi connectivity index (χ1) is 40.2. The minimum Gasteiger partial charge on any atom is -0.0654 e. The van der Waals surface area contributed by atoms with Crippen molar-refractivity contribution in [1.82, 2.24) is 0 Å². The van der Waals surface area contributed by atoms with E-state index in [0.29, 0.717) is 0 Å². The molecule has 0 radical (unpaired) electrons. The van der Waals surface area contributed by atoms with Crippen molar-refractivity contribution in [1.29, 1.82) is 0 Å². The summed E-state index contributed by atoms with van der Waals surface area (Å²) in [5.41, 5.74) is 0. The zero-order chi connectivity index (χ0) is 59.0. The normalized spacial score (nSPS) is 11.3. The summed E-state index contributed by atoms with van der Waals surface area (Å²) in [6, 6.07) is 0. The van der Waals surface area contributed by atoms with E-state index in [1.807, 2.05) is 0 Å². The first-order valence-corrected chi connectivity index (χ1v) is 40.2. The van der Waals surface area contributed by atoms with Crippen LogP contribution in [0.25, 0.3) is 0 Å². The molecule has 0 aliphatic rings. The molecular weight excluding hydrogens is 973 g/mol. The van der Waals surface area contributed by atoms with Crippen molar-refractivity contribution in [2.24, 2.45) is 0 Å². The first kappa shape index (κ1) is 85.2.